The maximum atomic E-state index is 14.0. The predicted molar refractivity (Wildman–Crippen MR) is 148 cm³/mol. The van der Waals surface area contributed by atoms with Gasteiger partial charge in [-0.2, -0.15) is 5.10 Å². The smallest absolute Gasteiger partial charge is 0.317 e. The molecule has 5 nitrogen and oxygen atoms in total. The van der Waals surface area contributed by atoms with E-state index >= 15 is 0 Å². The molecular weight excluding hydrogens is 519 g/mol. The number of rotatable bonds is 6. The van der Waals surface area contributed by atoms with Crippen molar-refractivity contribution in [2.24, 2.45) is 11.0 Å². The number of esters is 1. The van der Waals surface area contributed by atoms with Gasteiger partial charge >= 0.3 is 5.97 Å². The molecule has 0 saturated heterocycles. The van der Waals surface area contributed by atoms with Crippen LogP contribution in [0.15, 0.2) is 70.0 Å². The predicted octanol–water partition coefficient (Wildman–Crippen LogP) is 7.13. The average molecular weight is 549 g/mol. The molecule has 38 heavy (non-hydrogen) atoms. The molecule has 1 aromatic carbocycles. The summed E-state index contributed by atoms with van der Waals surface area (Å²) in [5.74, 6) is -1.05. The van der Waals surface area contributed by atoms with E-state index in [1.165, 1.54) is 22.6 Å². The molecule has 2 atom stereocenters. The minimum absolute atomic E-state index is 0.113. The monoisotopic (exact) mass is 548 g/mol. The van der Waals surface area contributed by atoms with Crippen LogP contribution in [0.4, 0.5) is 4.39 Å². The van der Waals surface area contributed by atoms with Gasteiger partial charge in [-0.1, -0.05) is 37.1 Å². The van der Waals surface area contributed by atoms with E-state index in [4.69, 9.17) is 9.84 Å². The first-order valence-corrected chi connectivity index (χ1v) is 14.9. The Bertz CT molecular complexity index is 1370. The second-order valence-corrected chi connectivity index (χ2v) is 12.2. The number of fused-ring (bicyclic) bond motifs is 1. The highest BCUT2D eigenvalue weighted by molar-refractivity contribution is 7.11. The SMILES string of the molecule is O=C(COC(=O)C1(c2cccc(F)c2)CCCC1)N1N=C2/C(=C/c3cccs3)CCCC2C1c1cccs1. The number of nitrogens with zero attached hydrogens (tertiary/aromatic N) is 2. The van der Waals surface area contributed by atoms with E-state index in [-0.39, 0.29) is 30.3 Å². The Morgan fingerprint density at radius 2 is 1.89 bits per heavy atom. The summed E-state index contributed by atoms with van der Waals surface area (Å²) in [7, 11) is 0. The summed E-state index contributed by atoms with van der Waals surface area (Å²) in [4.78, 5) is 29.3. The topological polar surface area (TPSA) is 59.0 Å². The fourth-order valence-electron chi connectivity index (χ4n) is 6.20. The molecule has 0 bridgehead atoms. The lowest BCUT2D eigenvalue weighted by Gasteiger charge is -2.29. The quantitative estimate of drug-likeness (QED) is 0.308. The van der Waals surface area contributed by atoms with Gasteiger partial charge in [-0.3, -0.25) is 9.59 Å². The van der Waals surface area contributed by atoms with Gasteiger partial charge in [0, 0.05) is 15.7 Å². The normalized spacial score (nSPS) is 23.3. The maximum Gasteiger partial charge on any atom is 0.317 e. The molecule has 3 aromatic rings. The summed E-state index contributed by atoms with van der Waals surface area (Å²) in [6.07, 6.45) is 8.01. The van der Waals surface area contributed by atoms with Crippen molar-refractivity contribution in [3.05, 3.63) is 86.0 Å². The lowest BCUT2D eigenvalue weighted by molar-refractivity contribution is -0.158. The lowest BCUT2D eigenvalue weighted by Crippen LogP contribution is -2.39. The molecule has 1 aliphatic heterocycles. The van der Waals surface area contributed by atoms with Gasteiger partial charge in [-0.25, -0.2) is 9.40 Å². The van der Waals surface area contributed by atoms with Crippen LogP contribution in [0.3, 0.4) is 0 Å². The molecule has 6 rings (SSSR count). The van der Waals surface area contributed by atoms with Gasteiger partial charge in [-0.05, 0) is 84.3 Å². The maximum absolute atomic E-state index is 14.0. The number of hydrogen-bond acceptors (Lipinski definition) is 6. The van der Waals surface area contributed by atoms with Gasteiger partial charge < -0.3 is 4.74 Å². The minimum atomic E-state index is -0.906. The Kier molecular flexibility index (Phi) is 7.01. The van der Waals surface area contributed by atoms with E-state index < -0.39 is 11.4 Å². The molecular formula is C30H29FN2O3S2. The van der Waals surface area contributed by atoms with Crippen LogP contribution in [-0.2, 0) is 19.7 Å². The van der Waals surface area contributed by atoms with Crippen molar-refractivity contribution in [3.63, 3.8) is 0 Å². The highest BCUT2D eigenvalue weighted by Gasteiger charge is 2.47. The summed E-state index contributed by atoms with van der Waals surface area (Å²) in [6, 6.07) is 14.2. The molecule has 2 aliphatic carbocycles. The number of hydrazone groups is 1. The van der Waals surface area contributed by atoms with Crippen LogP contribution in [0.5, 0.6) is 0 Å². The molecule has 8 heteroatoms. The van der Waals surface area contributed by atoms with E-state index in [9.17, 15) is 14.0 Å². The summed E-state index contributed by atoms with van der Waals surface area (Å²) in [5, 5.41) is 10.5. The standard InChI is InChI=1S/C30H29FN2O3S2/c31-22-9-4-8-21(18-22)30(13-1-2-14-30)29(35)36-19-26(34)33-28(25-12-6-16-38-25)24-11-3-7-20(27(24)32-33)17-23-10-5-15-37-23/h4-6,8-10,12,15-18,24,28H,1-3,7,11,13-14,19H2/b20-17+. The highest BCUT2D eigenvalue weighted by Crippen LogP contribution is 2.46. The second kappa shape index (κ2) is 10.6. The molecule has 0 spiro atoms. The third-order valence-electron chi connectivity index (χ3n) is 8.00. The van der Waals surface area contributed by atoms with Crippen molar-refractivity contribution in [2.75, 3.05) is 6.61 Å². The molecule has 0 N–H and O–H groups in total. The van der Waals surface area contributed by atoms with Gasteiger partial charge in [0.05, 0.1) is 17.2 Å². The molecule has 2 fully saturated rings. The molecule has 1 amide bonds. The van der Waals surface area contributed by atoms with Gasteiger partial charge in [0.25, 0.3) is 5.91 Å². The van der Waals surface area contributed by atoms with Gasteiger partial charge in [0.1, 0.15) is 5.82 Å². The summed E-state index contributed by atoms with van der Waals surface area (Å²) >= 11 is 3.31. The molecule has 196 valence electrons. The zero-order valence-corrected chi connectivity index (χ0v) is 22.6. The van der Waals surface area contributed by atoms with Crippen molar-refractivity contribution in [2.45, 2.75) is 56.4 Å². The van der Waals surface area contributed by atoms with Crippen molar-refractivity contribution in [1.82, 2.24) is 5.01 Å². The third kappa shape index (κ3) is 4.64. The van der Waals surface area contributed by atoms with Gasteiger partial charge in [0.2, 0.25) is 0 Å². The highest BCUT2D eigenvalue weighted by atomic mass is 32.1. The number of carbonyl (C=O) groups excluding carboxylic acids is 2. The molecule has 3 heterocycles. The number of carbonyl (C=O) groups is 2. The van der Waals surface area contributed by atoms with Crippen molar-refractivity contribution >= 4 is 46.3 Å². The molecule has 3 aliphatic rings. The average Bonchev–Trinajstić information content (AvgIpc) is 3.73. The largest absolute Gasteiger partial charge is 0.455 e. The minimum Gasteiger partial charge on any atom is -0.455 e. The van der Waals surface area contributed by atoms with Crippen molar-refractivity contribution < 1.29 is 18.7 Å². The Labute approximate surface area is 229 Å². The Balaban J connectivity index is 1.25. The van der Waals surface area contributed by atoms with Crippen LogP contribution in [-0.4, -0.2) is 29.2 Å². The van der Waals surface area contributed by atoms with E-state index in [2.05, 4.69) is 23.6 Å². The van der Waals surface area contributed by atoms with Crippen LogP contribution in [0.2, 0.25) is 0 Å². The van der Waals surface area contributed by atoms with Crippen LogP contribution in [0.1, 0.15) is 66.3 Å². The zero-order chi connectivity index (χ0) is 26.1. The Hall–Kier alpha value is -3.10. The van der Waals surface area contributed by atoms with E-state index in [0.717, 1.165) is 42.7 Å². The number of hydrogen-bond donors (Lipinski definition) is 0. The van der Waals surface area contributed by atoms with E-state index in [0.29, 0.717) is 18.4 Å². The zero-order valence-electron chi connectivity index (χ0n) is 21.0. The van der Waals surface area contributed by atoms with Gasteiger partial charge in [-0.15, -0.1) is 22.7 Å². The van der Waals surface area contributed by atoms with E-state index in [1.54, 1.807) is 39.8 Å². The van der Waals surface area contributed by atoms with E-state index in [1.807, 2.05) is 17.5 Å². The second-order valence-electron chi connectivity index (χ2n) is 10.2. The van der Waals surface area contributed by atoms with Crippen LogP contribution >= 0.6 is 22.7 Å². The van der Waals surface area contributed by atoms with Crippen LogP contribution < -0.4 is 0 Å². The fraction of sp³-hybridized carbons (Fsp3) is 0.367. The molecule has 2 saturated carbocycles. The third-order valence-corrected chi connectivity index (χ3v) is 9.77. The number of benzene rings is 1. The van der Waals surface area contributed by atoms with Gasteiger partial charge in [0.15, 0.2) is 6.61 Å². The summed E-state index contributed by atoms with van der Waals surface area (Å²) in [6.45, 7) is -0.384. The van der Waals surface area contributed by atoms with Crippen LogP contribution in [0, 0.1) is 11.7 Å². The Morgan fingerprint density at radius 1 is 1.08 bits per heavy atom. The number of amides is 1. The molecule has 2 unspecified atom stereocenters. The first-order chi connectivity index (χ1) is 18.5. The number of halogens is 1. The Morgan fingerprint density at radius 3 is 2.63 bits per heavy atom. The molecule has 0 radical (unpaired) electrons. The van der Waals surface area contributed by atoms with Crippen LogP contribution in [0.25, 0.3) is 6.08 Å². The molecule has 2 aromatic heterocycles. The van der Waals surface area contributed by atoms with Crippen molar-refractivity contribution in [1.29, 1.82) is 0 Å². The first kappa shape index (κ1) is 25.2. The first-order valence-electron chi connectivity index (χ1n) is 13.2. The summed E-state index contributed by atoms with van der Waals surface area (Å²) in [5.41, 5.74) is 1.86. The van der Waals surface area contributed by atoms with Crippen molar-refractivity contribution in [3.8, 4) is 0 Å². The number of thiophene rings is 2. The number of ether oxygens (including phenoxy) is 1. The number of allylic oxidation sites excluding steroid dienone is 1. The summed E-state index contributed by atoms with van der Waals surface area (Å²) < 4.78 is 19.7. The lowest BCUT2D eigenvalue weighted by atomic mass is 9.79. The fourth-order valence-corrected chi connectivity index (χ4v) is 7.75.